The number of nitrogens with zero attached hydrogens (tertiary/aromatic N) is 4. The van der Waals surface area contributed by atoms with Crippen LogP contribution in [-0.4, -0.2) is 25.5 Å². The third-order valence-electron chi connectivity index (χ3n) is 3.94. The highest BCUT2D eigenvalue weighted by atomic mass is 16.1. The van der Waals surface area contributed by atoms with Crippen molar-refractivity contribution in [1.29, 1.82) is 0 Å². The number of aromatic nitrogens is 4. The van der Waals surface area contributed by atoms with Crippen molar-refractivity contribution in [2.24, 2.45) is 0 Å². The summed E-state index contributed by atoms with van der Waals surface area (Å²) < 4.78 is 3.66. The highest BCUT2D eigenvalue weighted by molar-refractivity contribution is 5.91. The summed E-state index contributed by atoms with van der Waals surface area (Å²) in [6, 6.07) is 10.3. The number of benzene rings is 1. The van der Waals surface area contributed by atoms with Crippen LogP contribution in [0.15, 0.2) is 55.1 Å². The van der Waals surface area contributed by atoms with Gasteiger partial charge in [-0.15, -0.1) is 0 Å². The topological polar surface area (TPSA) is 64.7 Å². The Morgan fingerprint density at radius 1 is 1.17 bits per heavy atom. The Hall–Kier alpha value is -2.89. The molecular formula is C18H21N5O. The first-order chi connectivity index (χ1) is 11.7. The van der Waals surface area contributed by atoms with Gasteiger partial charge in [-0.1, -0.05) is 30.3 Å². The molecule has 6 nitrogen and oxygen atoms in total. The van der Waals surface area contributed by atoms with E-state index in [1.54, 1.807) is 12.4 Å². The Morgan fingerprint density at radius 2 is 1.96 bits per heavy atom. The Balaban J connectivity index is 1.62. The van der Waals surface area contributed by atoms with Crippen LogP contribution in [0.4, 0.5) is 5.69 Å². The second-order valence-electron chi connectivity index (χ2n) is 5.72. The summed E-state index contributed by atoms with van der Waals surface area (Å²) >= 11 is 0. The fourth-order valence-corrected chi connectivity index (χ4v) is 2.56. The average Bonchev–Trinajstić information content (AvgIpc) is 3.24. The van der Waals surface area contributed by atoms with Gasteiger partial charge in [-0.3, -0.25) is 14.2 Å². The number of carbonyl (C=O) groups excluding carboxylic acids is 1. The molecule has 0 saturated heterocycles. The van der Waals surface area contributed by atoms with Gasteiger partial charge in [-0.05, 0) is 25.0 Å². The van der Waals surface area contributed by atoms with E-state index in [1.165, 1.54) is 5.56 Å². The predicted molar refractivity (Wildman–Crippen MR) is 92.7 cm³/mol. The first kappa shape index (κ1) is 16.0. The molecule has 0 aliphatic heterocycles. The molecule has 1 amide bonds. The Labute approximate surface area is 141 Å². The number of carbonyl (C=O) groups is 1. The summed E-state index contributed by atoms with van der Waals surface area (Å²) in [7, 11) is 0. The molecule has 3 aromatic rings. The smallest absolute Gasteiger partial charge is 0.228 e. The summed E-state index contributed by atoms with van der Waals surface area (Å²) in [6.45, 7) is 4.89. The molecule has 0 aliphatic rings. The zero-order valence-corrected chi connectivity index (χ0v) is 13.9. The maximum atomic E-state index is 12.1. The molecule has 2 heterocycles. The molecule has 1 N–H and O–H groups in total. The molecule has 0 aliphatic carbocycles. The molecule has 6 heteroatoms. The number of aryl methyl sites for hydroxylation is 1. The van der Waals surface area contributed by atoms with Crippen molar-refractivity contribution in [2.45, 2.75) is 32.9 Å². The van der Waals surface area contributed by atoms with Gasteiger partial charge in [0.25, 0.3) is 0 Å². The molecule has 2 aromatic heterocycles. The largest absolute Gasteiger partial charge is 0.323 e. The van der Waals surface area contributed by atoms with Crippen LogP contribution in [0, 0.1) is 0 Å². The van der Waals surface area contributed by atoms with Crippen molar-refractivity contribution in [3.8, 4) is 0 Å². The molecule has 0 bridgehead atoms. The molecule has 24 heavy (non-hydrogen) atoms. The van der Waals surface area contributed by atoms with Crippen LogP contribution < -0.4 is 5.32 Å². The number of hydrogen-bond donors (Lipinski definition) is 1. The van der Waals surface area contributed by atoms with E-state index >= 15 is 0 Å². The quantitative estimate of drug-likeness (QED) is 0.758. The van der Waals surface area contributed by atoms with Crippen molar-refractivity contribution in [3.05, 3.63) is 66.2 Å². The van der Waals surface area contributed by atoms with Gasteiger partial charge < -0.3 is 5.32 Å². The highest BCUT2D eigenvalue weighted by Crippen LogP contribution is 2.18. The summed E-state index contributed by atoms with van der Waals surface area (Å²) in [5, 5.41) is 11.4. The van der Waals surface area contributed by atoms with Gasteiger partial charge in [-0.25, -0.2) is 0 Å². The van der Waals surface area contributed by atoms with Crippen molar-refractivity contribution < 1.29 is 4.79 Å². The van der Waals surface area contributed by atoms with E-state index in [1.807, 2.05) is 46.9 Å². The van der Waals surface area contributed by atoms with E-state index in [9.17, 15) is 4.79 Å². The van der Waals surface area contributed by atoms with Crippen LogP contribution in [0.1, 0.15) is 31.0 Å². The summed E-state index contributed by atoms with van der Waals surface area (Å²) in [5.41, 5.74) is 2.77. The Morgan fingerprint density at radius 3 is 2.67 bits per heavy atom. The van der Waals surface area contributed by atoms with E-state index in [4.69, 9.17) is 0 Å². The van der Waals surface area contributed by atoms with E-state index in [-0.39, 0.29) is 11.9 Å². The molecule has 3 rings (SSSR count). The highest BCUT2D eigenvalue weighted by Gasteiger charge is 2.11. The molecule has 124 valence electrons. The van der Waals surface area contributed by atoms with Crippen molar-refractivity contribution >= 4 is 11.6 Å². The van der Waals surface area contributed by atoms with Gasteiger partial charge in [0, 0.05) is 18.9 Å². The van der Waals surface area contributed by atoms with Gasteiger partial charge in [-0.2, -0.15) is 10.2 Å². The second kappa shape index (κ2) is 7.12. The van der Waals surface area contributed by atoms with Crippen molar-refractivity contribution in [1.82, 2.24) is 19.6 Å². The van der Waals surface area contributed by atoms with Crippen LogP contribution in [0.25, 0.3) is 0 Å². The summed E-state index contributed by atoms with van der Waals surface area (Å²) in [5.74, 6) is -0.0717. The third-order valence-corrected chi connectivity index (χ3v) is 3.94. The number of rotatable bonds is 6. The maximum Gasteiger partial charge on any atom is 0.228 e. The van der Waals surface area contributed by atoms with Gasteiger partial charge >= 0.3 is 0 Å². The minimum atomic E-state index is -0.0717. The second-order valence-corrected chi connectivity index (χ2v) is 5.72. The molecule has 0 saturated carbocycles. The molecule has 1 atom stereocenters. The van der Waals surface area contributed by atoms with E-state index in [0.717, 1.165) is 12.1 Å². The fourth-order valence-electron chi connectivity index (χ4n) is 2.56. The van der Waals surface area contributed by atoms with Gasteiger partial charge in [0.15, 0.2) is 0 Å². The zero-order valence-electron chi connectivity index (χ0n) is 13.9. The van der Waals surface area contributed by atoms with Gasteiger partial charge in [0.1, 0.15) is 0 Å². The lowest BCUT2D eigenvalue weighted by atomic mass is 10.1. The number of anilines is 1. The Kier molecular flexibility index (Phi) is 4.74. The SMILES string of the molecule is CCn1cc(CC(=O)Nc2cnn(C(C)c3ccccc3)c2)cn1. The van der Waals surface area contributed by atoms with Crippen molar-refractivity contribution in [3.63, 3.8) is 0 Å². The maximum absolute atomic E-state index is 12.1. The van der Waals surface area contributed by atoms with Crippen LogP contribution in [0.5, 0.6) is 0 Å². The number of amides is 1. The predicted octanol–water partition coefficient (Wildman–Crippen LogP) is 2.89. The van der Waals surface area contributed by atoms with Gasteiger partial charge in [0.2, 0.25) is 5.91 Å². The lowest BCUT2D eigenvalue weighted by Crippen LogP contribution is -2.13. The number of hydrogen-bond acceptors (Lipinski definition) is 3. The van der Waals surface area contributed by atoms with Crippen molar-refractivity contribution in [2.75, 3.05) is 5.32 Å². The molecule has 1 unspecified atom stereocenters. The molecule has 0 spiro atoms. The standard InChI is InChI=1S/C18H21N5O/c1-3-22-12-15(10-19-22)9-18(24)21-17-11-20-23(13-17)14(2)16-7-5-4-6-8-16/h4-8,10-14H,3,9H2,1-2H3,(H,21,24). The zero-order chi connectivity index (χ0) is 16.9. The monoisotopic (exact) mass is 323 g/mol. The number of nitrogens with one attached hydrogen (secondary N) is 1. The first-order valence-electron chi connectivity index (χ1n) is 8.06. The minimum Gasteiger partial charge on any atom is -0.323 e. The van der Waals surface area contributed by atoms with Crippen LogP contribution in [0.3, 0.4) is 0 Å². The molecule has 0 radical (unpaired) electrons. The third kappa shape index (κ3) is 3.71. The normalized spacial score (nSPS) is 12.1. The average molecular weight is 323 g/mol. The van der Waals surface area contributed by atoms with E-state index in [2.05, 4.69) is 34.6 Å². The summed E-state index contributed by atoms with van der Waals surface area (Å²) in [6.07, 6.45) is 7.45. The van der Waals surface area contributed by atoms with Crippen LogP contribution in [0.2, 0.25) is 0 Å². The lowest BCUT2D eigenvalue weighted by molar-refractivity contribution is -0.115. The molecule has 0 fully saturated rings. The van der Waals surface area contributed by atoms with E-state index < -0.39 is 0 Å². The first-order valence-corrected chi connectivity index (χ1v) is 8.06. The fraction of sp³-hybridized carbons (Fsp3) is 0.278. The Bertz CT molecular complexity index is 806. The summed E-state index contributed by atoms with van der Waals surface area (Å²) in [4.78, 5) is 12.1. The molecule has 1 aromatic carbocycles. The van der Waals surface area contributed by atoms with Crippen LogP contribution >= 0.6 is 0 Å². The minimum absolute atomic E-state index is 0.0717. The van der Waals surface area contributed by atoms with Crippen LogP contribution in [-0.2, 0) is 17.8 Å². The molecular weight excluding hydrogens is 302 g/mol. The lowest BCUT2D eigenvalue weighted by Gasteiger charge is -2.12. The van der Waals surface area contributed by atoms with E-state index in [0.29, 0.717) is 12.1 Å². The van der Waals surface area contributed by atoms with Gasteiger partial charge in [0.05, 0.1) is 30.5 Å².